The normalized spacial score (nSPS) is 24.5. The second-order valence-electron chi connectivity index (χ2n) is 3.80. The summed E-state index contributed by atoms with van der Waals surface area (Å²) < 4.78 is 0. The third-order valence-electron chi connectivity index (χ3n) is 2.54. The van der Waals surface area contributed by atoms with Gasteiger partial charge < -0.3 is 15.7 Å². The first-order valence-corrected chi connectivity index (χ1v) is 5.06. The predicted octanol–water partition coefficient (Wildman–Crippen LogP) is -0.304. The van der Waals surface area contributed by atoms with Gasteiger partial charge in [0.1, 0.15) is 0 Å². The van der Waals surface area contributed by atoms with Crippen molar-refractivity contribution in [1.82, 2.24) is 10.6 Å². The van der Waals surface area contributed by atoms with E-state index in [2.05, 4.69) is 15.6 Å². The second kappa shape index (κ2) is 3.96. The maximum atomic E-state index is 9.57. The van der Waals surface area contributed by atoms with Gasteiger partial charge in [-0.25, -0.2) is 0 Å². The third-order valence-corrected chi connectivity index (χ3v) is 2.54. The zero-order valence-electron chi connectivity index (χ0n) is 7.79. The van der Waals surface area contributed by atoms with Crippen LogP contribution in [0.3, 0.4) is 0 Å². The lowest BCUT2D eigenvalue weighted by Gasteiger charge is -2.17. The van der Waals surface area contributed by atoms with E-state index in [1.807, 2.05) is 0 Å². The quantitative estimate of drug-likeness (QED) is 0.563. The lowest BCUT2D eigenvalue weighted by Crippen LogP contribution is -2.44. The first-order valence-electron chi connectivity index (χ1n) is 5.06. The van der Waals surface area contributed by atoms with Gasteiger partial charge in [0.05, 0.1) is 6.10 Å². The molecular weight excluding hydrogens is 166 g/mol. The highest BCUT2D eigenvalue weighted by Crippen LogP contribution is 2.32. The topological polar surface area (TPSA) is 56.6 Å². The number of nitrogens with one attached hydrogen (secondary N) is 2. The second-order valence-corrected chi connectivity index (χ2v) is 3.80. The van der Waals surface area contributed by atoms with Crippen LogP contribution in [0.5, 0.6) is 0 Å². The van der Waals surface area contributed by atoms with Crippen molar-refractivity contribution in [2.45, 2.75) is 25.4 Å². The number of nitrogens with zero attached hydrogens (tertiary/aromatic N) is 1. The summed E-state index contributed by atoms with van der Waals surface area (Å²) in [5.74, 6) is 1.39. The number of aliphatic hydroxyl groups excluding tert-OH is 1. The Morgan fingerprint density at radius 3 is 3.08 bits per heavy atom. The molecule has 0 aromatic carbocycles. The fourth-order valence-electron chi connectivity index (χ4n) is 1.50. The van der Waals surface area contributed by atoms with Crippen molar-refractivity contribution in [3.63, 3.8) is 0 Å². The Hall–Kier alpha value is -0.770. The van der Waals surface area contributed by atoms with Gasteiger partial charge in [0, 0.05) is 19.6 Å². The van der Waals surface area contributed by atoms with Gasteiger partial charge in [-0.1, -0.05) is 0 Å². The average molecular weight is 183 g/mol. The molecule has 0 aromatic heterocycles. The van der Waals surface area contributed by atoms with E-state index in [-0.39, 0.29) is 6.10 Å². The molecule has 0 saturated heterocycles. The number of aliphatic hydroxyl groups is 1. The van der Waals surface area contributed by atoms with E-state index in [9.17, 15) is 5.11 Å². The average Bonchev–Trinajstić information content (AvgIpc) is 2.99. The molecule has 1 atom stereocenters. The van der Waals surface area contributed by atoms with Gasteiger partial charge in [0.2, 0.25) is 0 Å². The number of hydrogen-bond donors (Lipinski definition) is 3. The summed E-state index contributed by atoms with van der Waals surface area (Å²) >= 11 is 0. The van der Waals surface area contributed by atoms with Gasteiger partial charge in [0.25, 0.3) is 0 Å². The van der Waals surface area contributed by atoms with E-state index in [1.54, 1.807) is 0 Å². The summed E-state index contributed by atoms with van der Waals surface area (Å²) in [4.78, 5) is 4.26. The van der Waals surface area contributed by atoms with Gasteiger partial charge in [-0.05, 0) is 25.2 Å². The molecule has 2 aliphatic rings. The summed E-state index contributed by atoms with van der Waals surface area (Å²) in [6.45, 7) is 2.52. The largest absolute Gasteiger partial charge is 0.391 e. The van der Waals surface area contributed by atoms with Crippen molar-refractivity contribution in [2.24, 2.45) is 10.9 Å². The molecule has 0 spiro atoms. The Morgan fingerprint density at radius 2 is 2.46 bits per heavy atom. The van der Waals surface area contributed by atoms with Crippen molar-refractivity contribution in [3.8, 4) is 0 Å². The van der Waals surface area contributed by atoms with E-state index in [1.165, 1.54) is 12.8 Å². The zero-order valence-corrected chi connectivity index (χ0v) is 7.79. The molecule has 1 heterocycles. The van der Waals surface area contributed by atoms with Crippen LogP contribution in [0, 0.1) is 5.92 Å². The number of hydrogen-bond acceptors (Lipinski definition) is 4. The first kappa shape index (κ1) is 8.81. The van der Waals surface area contributed by atoms with Crippen molar-refractivity contribution in [1.29, 1.82) is 0 Å². The van der Waals surface area contributed by atoms with Crippen LogP contribution in [0.25, 0.3) is 0 Å². The minimum Gasteiger partial charge on any atom is -0.391 e. The molecule has 4 heteroatoms. The predicted molar refractivity (Wildman–Crippen MR) is 51.7 cm³/mol. The molecule has 1 unspecified atom stereocenters. The van der Waals surface area contributed by atoms with Crippen molar-refractivity contribution >= 4 is 5.96 Å². The van der Waals surface area contributed by atoms with Crippen LogP contribution < -0.4 is 10.6 Å². The van der Waals surface area contributed by atoms with E-state index in [0.717, 1.165) is 25.5 Å². The molecule has 1 saturated carbocycles. The molecular formula is C9H17N3O. The molecule has 0 aromatic rings. The minimum atomic E-state index is -0.188. The summed E-state index contributed by atoms with van der Waals surface area (Å²) in [7, 11) is 0. The molecule has 13 heavy (non-hydrogen) atoms. The Bertz CT molecular complexity index is 201. The fraction of sp³-hybridized carbons (Fsp3) is 0.889. The summed E-state index contributed by atoms with van der Waals surface area (Å²) in [5, 5.41) is 15.9. The van der Waals surface area contributed by atoms with E-state index < -0.39 is 0 Å². The van der Waals surface area contributed by atoms with Crippen LogP contribution in [-0.4, -0.2) is 36.8 Å². The fourth-order valence-corrected chi connectivity index (χ4v) is 1.50. The Kier molecular flexibility index (Phi) is 2.68. The molecule has 1 aliphatic carbocycles. The summed E-state index contributed by atoms with van der Waals surface area (Å²) in [6, 6.07) is 0. The molecule has 4 nitrogen and oxygen atoms in total. The highest BCUT2D eigenvalue weighted by atomic mass is 16.3. The molecule has 0 amide bonds. The highest BCUT2D eigenvalue weighted by Gasteiger charge is 2.29. The Morgan fingerprint density at radius 1 is 1.62 bits per heavy atom. The summed E-state index contributed by atoms with van der Waals surface area (Å²) in [6.07, 6.45) is 3.29. The van der Waals surface area contributed by atoms with Gasteiger partial charge in [-0.15, -0.1) is 0 Å². The maximum Gasteiger partial charge on any atom is 0.191 e. The van der Waals surface area contributed by atoms with E-state index in [4.69, 9.17) is 0 Å². The van der Waals surface area contributed by atoms with Gasteiger partial charge >= 0.3 is 0 Å². The van der Waals surface area contributed by atoms with Crippen LogP contribution in [0.1, 0.15) is 19.3 Å². The molecule has 1 aliphatic heterocycles. The Labute approximate surface area is 78.4 Å². The highest BCUT2D eigenvalue weighted by molar-refractivity contribution is 5.80. The van der Waals surface area contributed by atoms with Gasteiger partial charge in [0.15, 0.2) is 5.96 Å². The lowest BCUT2D eigenvalue weighted by atomic mass is 10.2. The van der Waals surface area contributed by atoms with Crippen molar-refractivity contribution in [3.05, 3.63) is 0 Å². The molecule has 1 fully saturated rings. The summed E-state index contributed by atoms with van der Waals surface area (Å²) in [5.41, 5.74) is 0. The van der Waals surface area contributed by atoms with Crippen molar-refractivity contribution in [2.75, 3.05) is 19.6 Å². The number of aliphatic imine (C=N–C) groups is 1. The van der Waals surface area contributed by atoms with Gasteiger partial charge in [-0.3, -0.25) is 4.99 Å². The number of guanidine groups is 1. The zero-order chi connectivity index (χ0) is 9.10. The third kappa shape index (κ3) is 2.59. The van der Waals surface area contributed by atoms with Gasteiger partial charge in [-0.2, -0.15) is 0 Å². The SMILES string of the molecule is OC(CNC1=NCCCN1)C1CC1. The molecule has 2 rings (SSSR count). The smallest absolute Gasteiger partial charge is 0.191 e. The van der Waals surface area contributed by atoms with Crippen LogP contribution in [-0.2, 0) is 0 Å². The van der Waals surface area contributed by atoms with Crippen LogP contribution in [0.4, 0.5) is 0 Å². The molecule has 3 N–H and O–H groups in total. The maximum absolute atomic E-state index is 9.57. The first-order chi connectivity index (χ1) is 6.36. The van der Waals surface area contributed by atoms with Crippen molar-refractivity contribution < 1.29 is 5.11 Å². The van der Waals surface area contributed by atoms with E-state index >= 15 is 0 Å². The van der Waals surface area contributed by atoms with E-state index in [0.29, 0.717) is 12.5 Å². The number of rotatable bonds is 3. The minimum absolute atomic E-state index is 0.188. The standard InChI is InChI=1S/C9H17N3O/c13-8(7-2-3-7)6-12-9-10-4-1-5-11-9/h7-8,13H,1-6H2,(H2,10,11,12). The molecule has 0 bridgehead atoms. The molecule has 0 radical (unpaired) electrons. The Balaban J connectivity index is 1.68. The van der Waals surface area contributed by atoms with Crippen LogP contribution >= 0.6 is 0 Å². The van der Waals surface area contributed by atoms with Crippen LogP contribution in [0.15, 0.2) is 4.99 Å². The van der Waals surface area contributed by atoms with Crippen LogP contribution in [0.2, 0.25) is 0 Å². The lowest BCUT2D eigenvalue weighted by molar-refractivity contribution is 0.154. The monoisotopic (exact) mass is 183 g/mol. The molecule has 74 valence electrons.